The topological polar surface area (TPSA) is 61.2 Å². The quantitative estimate of drug-likeness (QED) is 0.840. The van der Waals surface area contributed by atoms with Crippen molar-refractivity contribution in [2.24, 2.45) is 5.92 Å². The molecule has 0 radical (unpaired) electrons. The summed E-state index contributed by atoms with van der Waals surface area (Å²) in [6, 6.07) is 6.96. The van der Waals surface area contributed by atoms with E-state index < -0.39 is 5.97 Å². The normalized spacial score (nSPS) is 10.9. The van der Waals surface area contributed by atoms with E-state index in [0.717, 1.165) is 0 Å². The fourth-order valence-electron chi connectivity index (χ4n) is 1.92. The summed E-state index contributed by atoms with van der Waals surface area (Å²) >= 11 is 0. The first kappa shape index (κ1) is 13.3. The van der Waals surface area contributed by atoms with Gasteiger partial charge in [0.05, 0.1) is 10.9 Å². The van der Waals surface area contributed by atoms with Crippen molar-refractivity contribution in [1.82, 2.24) is 9.71 Å². The highest BCUT2D eigenvalue weighted by atomic mass is 16.7. The van der Waals surface area contributed by atoms with Crippen LogP contribution in [-0.4, -0.2) is 15.7 Å². The molecule has 100 valence electrons. The predicted octanol–water partition coefficient (Wildman–Crippen LogP) is 1.57. The van der Waals surface area contributed by atoms with E-state index in [1.165, 1.54) is 11.7 Å². The molecule has 0 aliphatic carbocycles. The van der Waals surface area contributed by atoms with Crippen LogP contribution in [0.2, 0.25) is 0 Å². The Hall–Kier alpha value is -2.17. The SMILES string of the molecule is CC(=O)On1c(CC(C)C)nc(=O)c2ccccc21. The standard InChI is InChI=1S/C14H16N2O3/c1-9(2)8-13-15-14(18)11-6-4-5-7-12(11)16(13)19-10(3)17/h4-7,9H,8H2,1-3H3. The summed E-state index contributed by atoms with van der Waals surface area (Å²) in [6.07, 6.45) is 0.563. The highest BCUT2D eigenvalue weighted by Gasteiger charge is 2.14. The molecule has 0 unspecified atom stereocenters. The maximum absolute atomic E-state index is 12.0. The Morgan fingerprint density at radius 2 is 2.05 bits per heavy atom. The van der Waals surface area contributed by atoms with Crippen LogP contribution in [0.25, 0.3) is 10.9 Å². The third-order valence-corrected chi connectivity index (χ3v) is 2.63. The molecule has 0 aliphatic heterocycles. The second-order valence-electron chi connectivity index (χ2n) is 4.83. The first-order valence-corrected chi connectivity index (χ1v) is 6.18. The van der Waals surface area contributed by atoms with Crippen LogP contribution >= 0.6 is 0 Å². The maximum atomic E-state index is 12.0. The summed E-state index contributed by atoms with van der Waals surface area (Å²) in [5.74, 6) is 0.323. The Kier molecular flexibility index (Phi) is 3.64. The first-order valence-electron chi connectivity index (χ1n) is 6.18. The van der Waals surface area contributed by atoms with Gasteiger partial charge in [-0.2, -0.15) is 9.71 Å². The zero-order valence-corrected chi connectivity index (χ0v) is 11.2. The Morgan fingerprint density at radius 1 is 1.37 bits per heavy atom. The molecule has 0 saturated heterocycles. The number of benzene rings is 1. The van der Waals surface area contributed by atoms with Crippen molar-refractivity contribution in [2.45, 2.75) is 27.2 Å². The van der Waals surface area contributed by atoms with Crippen molar-refractivity contribution in [2.75, 3.05) is 0 Å². The number of nitrogens with zero attached hydrogens (tertiary/aromatic N) is 2. The van der Waals surface area contributed by atoms with Crippen molar-refractivity contribution < 1.29 is 9.63 Å². The number of carbonyl (C=O) groups excluding carboxylic acids is 1. The number of hydrogen-bond donors (Lipinski definition) is 0. The molecule has 5 nitrogen and oxygen atoms in total. The molecule has 1 aromatic heterocycles. The monoisotopic (exact) mass is 260 g/mol. The molecule has 1 heterocycles. The smallest absolute Gasteiger partial charge is 0.329 e. The van der Waals surface area contributed by atoms with Crippen molar-refractivity contribution in [3.63, 3.8) is 0 Å². The lowest BCUT2D eigenvalue weighted by molar-refractivity contribution is -0.141. The average molecular weight is 260 g/mol. The Labute approximate surface area is 110 Å². The van der Waals surface area contributed by atoms with E-state index in [1.807, 2.05) is 13.8 Å². The van der Waals surface area contributed by atoms with Crippen molar-refractivity contribution in [3.05, 3.63) is 40.4 Å². The van der Waals surface area contributed by atoms with Gasteiger partial charge < -0.3 is 4.84 Å². The second-order valence-corrected chi connectivity index (χ2v) is 4.83. The number of rotatable bonds is 3. The van der Waals surface area contributed by atoms with Crippen LogP contribution in [0.5, 0.6) is 0 Å². The number of fused-ring (bicyclic) bond motifs is 1. The van der Waals surface area contributed by atoms with E-state index in [4.69, 9.17) is 4.84 Å². The third kappa shape index (κ3) is 2.81. The lowest BCUT2D eigenvalue weighted by atomic mass is 10.1. The van der Waals surface area contributed by atoms with Crippen LogP contribution in [0.15, 0.2) is 29.1 Å². The number of carbonyl (C=O) groups is 1. The summed E-state index contributed by atoms with van der Waals surface area (Å²) in [4.78, 5) is 32.4. The molecular formula is C14H16N2O3. The van der Waals surface area contributed by atoms with Crippen molar-refractivity contribution in [1.29, 1.82) is 0 Å². The van der Waals surface area contributed by atoms with Gasteiger partial charge in [0.25, 0.3) is 5.56 Å². The van der Waals surface area contributed by atoms with Crippen molar-refractivity contribution in [3.8, 4) is 0 Å². The van der Waals surface area contributed by atoms with Crippen LogP contribution in [0.1, 0.15) is 26.6 Å². The van der Waals surface area contributed by atoms with Crippen LogP contribution in [0.3, 0.4) is 0 Å². The van der Waals surface area contributed by atoms with Gasteiger partial charge >= 0.3 is 5.97 Å². The first-order chi connectivity index (χ1) is 8.99. The predicted molar refractivity (Wildman–Crippen MR) is 71.8 cm³/mol. The summed E-state index contributed by atoms with van der Waals surface area (Å²) in [5.41, 5.74) is 0.267. The van der Waals surface area contributed by atoms with Crippen LogP contribution in [-0.2, 0) is 11.2 Å². The Balaban J connectivity index is 2.72. The fourth-order valence-corrected chi connectivity index (χ4v) is 1.92. The van der Waals surface area contributed by atoms with Gasteiger partial charge in [0.1, 0.15) is 0 Å². The second kappa shape index (κ2) is 5.22. The van der Waals surface area contributed by atoms with Gasteiger partial charge in [-0.3, -0.25) is 4.79 Å². The molecule has 0 aliphatic rings. The van der Waals surface area contributed by atoms with E-state index in [2.05, 4.69) is 4.98 Å². The minimum Gasteiger partial charge on any atom is -0.335 e. The lowest BCUT2D eigenvalue weighted by Crippen LogP contribution is -2.27. The fraction of sp³-hybridized carbons (Fsp3) is 0.357. The molecule has 2 aromatic rings. The number of hydrogen-bond acceptors (Lipinski definition) is 4. The summed E-state index contributed by atoms with van der Waals surface area (Å²) in [5, 5.41) is 0.441. The Morgan fingerprint density at radius 3 is 2.68 bits per heavy atom. The van der Waals surface area contributed by atoms with E-state index in [-0.39, 0.29) is 5.56 Å². The van der Waals surface area contributed by atoms with Gasteiger partial charge in [0.15, 0.2) is 5.82 Å². The number of aromatic nitrogens is 2. The lowest BCUT2D eigenvalue weighted by Gasteiger charge is -2.15. The summed E-state index contributed by atoms with van der Waals surface area (Å²) in [7, 11) is 0. The highest BCUT2D eigenvalue weighted by molar-refractivity contribution is 5.78. The van der Waals surface area contributed by atoms with E-state index in [0.29, 0.717) is 29.1 Å². The van der Waals surface area contributed by atoms with Gasteiger partial charge in [-0.05, 0) is 18.1 Å². The highest BCUT2D eigenvalue weighted by Crippen LogP contribution is 2.12. The molecule has 5 heteroatoms. The van der Waals surface area contributed by atoms with Crippen molar-refractivity contribution >= 4 is 16.9 Å². The molecule has 19 heavy (non-hydrogen) atoms. The maximum Gasteiger partial charge on any atom is 0.329 e. The van der Waals surface area contributed by atoms with Gasteiger partial charge in [0, 0.05) is 13.3 Å². The minimum absolute atomic E-state index is 0.297. The third-order valence-electron chi connectivity index (χ3n) is 2.63. The summed E-state index contributed by atoms with van der Waals surface area (Å²) in [6.45, 7) is 5.35. The molecule has 0 bridgehead atoms. The van der Waals surface area contributed by atoms with Crippen LogP contribution in [0, 0.1) is 5.92 Å². The molecule has 0 spiro atoms. The largest absolute Gasteiger partial charge is 0.335 e. The molecule has 2 rings (SSSR count). The van der Waals surface area contributed by atoms with E-state index in [9.17, 15) is 9.59 Å². The van der Waals surface area contributed by atoms with Gasteiger partial charge in [-0.25, -0.2) is 4.79 Å². The average Bonchev–Trinajstić information content (AvgIpc) is 2.33. The van der Waals surface area contributed by atoms with Crippen LogP contribution in [0.4, 0.5) is 0 Å². The molecule has 0 amide bonds. The zero-order chi connectivity index (χ0) is 14.0. The van der Waals surface area contributed by atoms with E-state index >= 15 is 0 Å². The van der Waals surface area contributed by atoms with Crippen LogP contribution < -0.4 is 10.4 Å². The minimum atomic E-state index is -0.444. The molecule has 0 fully saturated rings. The summed E-state index contributed by atoms with van der Waals surface area (Å²) < 4.78 is 1.36. The molecule has 0 saturated carbocycles. The van der Waals surface area contributed by atoms with E-state index in [1.54, 1.807) is 24.3 Å². The molecular weight excluding hydrogens is 244 g/mol. The van der Waals surface area contributed by atoms with Gasteiger partial charge in [-0.15, -0.1) is 0 Å². The Bertz CT molecular complexity index is 674. The van der Waals surface area contributed by atoms with Gasteiger partial charge in [0.2, 0.25) is 0 Å². The zero-order valence-electron chi connectivity index (χ0n) is 11.2. The molecule has 0 atom stereocenters. The number of para-hydroxylation sites is 1. The molecule has 1 aromatic carbocycles. The van der Waals surface area contributed by atoms with Gasteiger partial charge in [-0.1, -0.05) is 26.0 Å². The molecule has 0 N–H and O–H groups in total.